The highest BCUT2D eigenvalue weighted by atomic mass is 16.2. The highest BCUT2D eigenvalue weighted by Gasteiger charge is 2.24. The molecule has 0 aromatic rings. The largest absolute Gasteiger partial charge is 0.334 e. The van der Waals surface area contributed by atoms with Crippen molar-refractivity contribution >= 4 is 23.6 Å². The molecule has 10 nitrogen and oxygen atoms in total. The van der Waals surface area contributed by atoms with E-state index in [2.05, 4.69) is 52.6 Å². The molecule has 0 spiro atoms. The predicted octanol–water partition coefficient (Wildman–Crippen LogP) is 2.39. The summed E-state index contributed by atoms with van der Waals surface area (Å²) in [4.78, 5) is 62.8. The third-order valence-corrected chi connectivity index (χ3v) is 6.37. The first-order valence-corrected chi connectivity index (χ1v) is 14.6. The molecule has 0 bridgehead atoms. The van der Waals surface area contributed by atoms with Crippen molar-refractivity contribution in [2.45, 2.75) is 0 Å². The van der Waals surface area contributed by atoms with E-state index >= 15 is 0 Å². The lowest BCUT2D eigenvalue weighted by molar-refractivity contribution is -0.137. The summed E-state index contributed by atoms with van der Waals surface area (Å²) in [5, 5.41) is 0. The zero-order valence-electron chi connectivity index (χ0n) is 26.5. The molecule has 0 aliphatic rings. The van der Waals surface area contributed by atoms with E-state index in [1.54, 1.807) is 78.0 Å². The van der Waals surface area contributed by atoms with Gasteiger partial charge in [0.1, 0.15) is 0 Å². The fourth-order valence-electron chi connectivity index (χ4n) is 4.24. The van der Waals surface area contributed by atoms with Gasteiger partial charge in [0.2, 0.25) is 23.6 Å². The fourth-order valence-corrected chi connectivity index (χ4v) is 4.24. The normalized spacial score (nSPS) is 10.3. The molecular weight excluding hydrogens is 556 g/mol. The van der Waals surface area contributed by atoms with Gasteiger partial charge in [-0.25, -0.2) is 0 Å². The van der Waals surface area contributed by atoms with Gasteiger partial charge in [-0.1, -0.05) is 48.6 Å². The lowest BCUT2D eigenvalue weighted by atomic mass is 10.3. The molecule has 0 heterocycles. The summed E-state index contributed by atoms with van der Waals surface area (Å²) in [7, 11) is 0. The summed E-state index contributed by atoms with van der Waals surface area (Å²) in [5.74, 6) is -0.827. The molecule has 0 saturated heterocycles. The molecule has 44 heavy (non-hydrogen) atoms. The maximum absolute atomic E-state index is 13.3. The molecule has 0 radical (unpaired) electrons. The van der Waals surface area contributed by atoms with Crippen LogP contribution in [0.3, 0.4) is 0 Å². The zero-order chi connectivity index (χ0) is 33.3. The molecule has 0 rings (SSSR count). The van der Waals surface area contributed by atoms with E-state index in [9.17, 15) is 19.2 Å². The predicted molar refractivity (Wildman–Crippen MR) is 181 cm³/mol. The Hall–Kier alpha value is -4.28. The quantitative estimate of drug-likeness (QED) is 0.133. The second-order valence-corrected chi connectivity index (χ2v) is 9.93. The van der Waals surface area contributed by atoms with E-state index in [0.29, 0.717) is 52.4 Å². The van der Waals surface area contributed by atoms with E-state index < -0.39 is 0 Å². The summed E-state index contributed by atoms with van der Waals surface area (Å²) < 4.78 is 0. The SMILES string of the molecule is C=CCN(CC=C)C(=O)CN(CCN(CC(=O)N(CC=C)CC=C)CC(=O)N(CC=C)CC=C)CC(=O)N(CC=C)CC=C. The van der Waals surface area contributed by atoms with Crippen LogP contribution in [0.2, 0.25) is 0 Å². The van der Waals surface area contributed by atoms with Crippen molar-refractivity contribution in [3.05, 3.63) is 101 Å². The molecule has 0 fully saturated rings. The van der Waals surface area contributed by atoms with Crippen molar-refractivity contribution < 1.29 is 19.2 Å². The van der Waals surface area contributed by atoms with Crippen LogP contribution in [0, 0.1) is 0 Å². The summed E-state index contributed by atoms with van der Waals surface area (Å²) in [6, 6.07) is 0. The minimum atomic E-state index is -0.207. The highest BCUT2D eigenvalue weighted by molar-refractivity contribution is 5.82. The standard InChI is InChI=1S/C34H52N6O4/c1-9-17-37(18-10-2)31(41)27-35(28-32(42)38(19-11-3)20-12-4)25-26-36(29-33(43)39(21-13-5)22-14-6)30-34(44)40(23-15-7)24-16-8/h9-16H,1-8,17-30H2. The van der Waals surface area contributed by atoms with Gasteiger partial charge in [-0.15, -0.1) is 52.6 Å². The number of amides is 4. The molecular formula is C34H52N6O4. The maximum Gasteiger partial charge on any atom is 0.237 e. The van der Waals surface area contributed by atoms with Crippen LogP contribution in [-0.2, 0) is 19.2 Å². The molecule has 0 aliphatic heterocycles. The summed E-state index contributed by atoms with van der Waals surface area (Å²) in [6.45, 7) is 32.7. The van der Waals surface area contributed by atoms with E-state index in [0.717, 1.165) is 0 Å². The average molecular weight is 609 g/mol. The molecule has 0 saturated carbocycles. The highest BCUT2D eigenvalue weighted by Crippen LogP contribution is 2.04. The van der Waals surface area contributed by atoms with Crippen LogP contribution >= 0.6 is 0 Å². The van der Waals surface area contributed by atoms with Crippen LogP contribution in [0.1, 0.15) is 0 Å². The minimum Gasteiger partial charge on any atom is -0.334 e. The average Bonchev–Trinajstić information content (AvgIpc) is 2.99. The first kappa shape index (κ1) is 39.7. The number of carbonyl (C=O) groups excluding carboxylic acids is 4. The first-order valence-electron chi connectivity index (χ1n) is 14.6. The number of nitrogens with zero attached hydrogens (tertiary/aromatic N) is 6. The lowest BCUT2D eigenvalue weighted by Crippen LogP contribution is -2.50. The van der Waals surface area contributed by atoms with E-state index in [4.69, 9.17) is 0 Å². The second kappa shape index (κ2) is 24.2. The van der Waals surface area contributed by atoms with E-state index in [-0.39, 0.29) is 62.9 Å². The molecule has 0 aromatic carbocycles. The van der Waals surface area contributed by atoms with E-state index in [1.165, 1.54) is 0 Å². The van der Waals surface area contributed by atoms with Gasteiger partial charge in [-0.2, -0.15) is 0 Å². The molecule has 0 unspecified atom stereocenters. The molecule has 0 atom stereocenters. The zero-order valence-corrected chi connectivity index (χ0v) is 26.5. The fraction of sp³-hybridized carbons (Fsp3) is 0.412. The van der Waals surface area contributed by atoms with Crippen molar-refractivity contribution in [2.75, 3.05) is 91.6 Å². The van der Waals surface area contributed by atoms with Crippen molar-refractivity contribution in [3.63, 3.8) is 0 Å². The smallest absolute Gasteiger partial charge is 0.237 e. The number of carbonyl (C=O) groups is 4. The van der Waals surface area contributed by atoms with Gasteiger partial charge < -0.3 is 19.6 Å². The third-order valence-electron chi connectivity index (χ3n) is 6.37. The van der Waals surface area contributed by atoms with Crippen LogP contribution in [0.25, 0.3) is 0 Å². The van der Waals surface area contributed by atoms with Crippen molar-refractivity contribution in [1.82, 2.24) is 29.4 Å². The van der Waals surface area contributed by atoms with E-state index in [1.807, 2.05) is 0 Å². The summed E-state index contributed by atoms with van der Waals surface area (Å²) >= 11 is 0. The maximum atomic E-state index is 13.3. The molecule has 0 aromatic heterocycles. The Bertz CT molecular complexity index is 827. The van der Waals surface area contributed by atoms with Gasteiger partial charge in [-0.05, 0) is 0 Å². The molecule has 4 amide bonds. The van der Waals surface area contributed by atoms with Crippen LogP contribution in [0.15, 0.2) is 101 Å². The number of hydrogen-bond acceptors (Lipinski definition) is 6. The number of hydrogen-bond donors (Lipinski definition) is 0. The van der Waals surface area contributed by atoms with Gasteiger partial charge in [0.25, 0.3) is 0 Å². The van der Waals surface area contributed by atoms with Crippen molar-refractivity contribution in [1.29, 1.82) is 0 Å². The Labute approximate surface area is 264 Å². The topological polar surface area (TPSA) is 87.7 Å². The Kier molecular flexibility index (Phi) is 21.8. The number of rotatable bonds is 27. The molecule has 10 heteroatoms. The van der Waals surface area contributed by atoms with Gasteiger partial charge in [-0.3, -0.25) is 29.0 Å². The third kappa shape index (κ3) is 15.8. The van der Waals surface area contributed by atoms with Crippen LogP contribution < -0.4 is 0 Å². The molecule has 242 valence electrons. The summed E-state index contributed by atoms with van der Waals surface area (Å²) in [5.41, 5.74) is 0. The van der Waals surface area contributed by atoms with Crippen molar-refractivity contribution in [3.8, 4) is 0 Å². The second-order valence-electron chi connectivity index (χ2n) is 9.93. The van der Waals surface area contributed by atoms with Gasteiger partial charge in [0, 0.05) is 65.4 Å². The molecule has 0 N–H and O–H groups in total. The monoisotopic (exact) mass is 608 g/mol. The minimum absolute atomic E-state index is 0.0583. The lowest BCUT2D eigenvalue weighted by Gasteiger charge is -2.31. The Morgan fingerprint density at radius 3 is 0.636 bits per heavy atom. The Morgan fingerprint density at radius 1 is 0.341 bits per heavy atom. The first-order chi connectivity index (χ1) is 21.1. The Morgan fingerprint density at radius 2 is 0.500 bits per heavy atom. The van der Waals surface area contributed by atoms with Crippen LogP contribution in [0.4, 0.5) is 0 Å². The van der Waals surface area contributed by atoms with Gasteiger partial charge in [0.15, 0.2) is 0 Å². The molecule has 0 aliphatic carbocycles. The van der Waals surface area contributed by atoms with Crippen LogP contribution in [-0.4, -0.2) is 145 Å². The van der Waals surface area contributed by atoms with Crippen LogP contribution in [0.5, 0.6) is 0 Å². The van der Waals surface area contributed by atoms with Crippen molar-refractivity contribution in [2.24, 2.45) is 0 Å². The Balaban J connectivity index is 6.23. The van der Waals surface area contributed by atoms with Gasteiger partial charge in [0.05, 0.1) is 26.2 Å². The van der Waals surface area contributed by atoms with Gasteiger partial charge >= 0.3 is 0 Å². The summed E-state index contributed by atoms with van der Waals surface area (Å²) in [6.07, 6.45) is 13.0.